The van der Waals surface area contributed by atoms with Gasteiger partial charge in [0.15, 0.2) is 0 Å². The van der Waals surface area contributed by atoms with E-state index < -0.39 is 0 Å². The van der Waals surface area contributed by atoms with Crippen LogP contribution in [0.15, 0.2) is 10.7 Å². The standard InChI is InChI=1S/C9H15BrN4O/c1-3-6(11)4-12-9-13-5-7(10)8(14-9)15-2/h5-6H,3-4,11H2,1-2H3,(H,12,13,14). The predicted octanol–water partition coefficient (Wildman–Crippen LogP) is 1.40. The molecule has 0 spiro atoms. The lowest BCUT2D eigenvalue weighted by Gasteiger charge is -2.10. The molecule has 0 radical (unpaired) electrons. The molecule has 0 amide bonds. The minimum atomic E-state index is 0.114. The molecule has 0 aliphatic rings. The predicted molar refractivity (Wildman–Crippen MR) is 63.0 cm³/mol. The van der Waals surface area contributed by atoms with Crippen LogP contribution >= 0.6 is 15.9 Å². The Hall–Kier alpha value is -0.880. The Morgan fingerprint density at radius 1 is 1.67 bits per heavy atom. The van der Waals surface area contributed by atoms with Gasteiger partial charge in [0, 0.05) is 12.6 Å². The van der Waals surface area contributed by atoms with Gasteiger partial charge in [0.25, 0.3) is 0 Å². The number of ether oxygens (including phenoxy) is 1. The van der Waals surface area contributed by atoms with Crippen LogP contribution in [0.5, 0.6) is 5.88 Å². The van der Waals surface area contributed by atoms with Crippen LogP contribution in [0.4, 0.5) is 5.95 Å². The molecule has 0 bridgehead atoms. The number of halogens is 1. The summed E-state index contributed by atoms with van der Waals surface area (Å²) < 4.78 is 5.78. The first-order valence-electron chi connectivity index (χ1n) is 4.73. The molecule has 1 aromatic heterocycles. The molecule has 0 aromatic carbocycles. The summed E-state index contributed by atoms with van der Waals surface area (Å²) in [5.74, 6) is 1.04. The largest absolute Gasteiger partial charge is 0.480 e. The lowest BCUT2D eigenvalue weighted by molar-refractivity contribution is 0.394. The zero-order valence-corrected chi connectivity index (χ0v) is 10.4. The summed E-state index contributed by atoms with van der Waals surface area (Å²) in [6.07, 6.45) is 2.56. The molecule has 1 heterocycles. The van der Waals surface area contributed by atoms with E-state index in [2.05, 4.69) is 31.2 Å². The van der Waals surface area contributed by atoms with Gasteiger partial charge in [-0.05, 0) is 22.4 Å². The van der Waals surface area contributed by atoms with Crippen molar-refractivity contribution in [2.24, 2.45) is 5.73 Å². The first-order valence-corrected chi connectivity index (χ1v) is 5.52. The van der Waals surface area contributed by atoms with Crippen LogP contribution in [-0.4, -0.2) is 29.7 Å². The molecule has 6 heteroatoms. The quantitative estimate of drug-likeness (QED) is 0.849. The smallest absolute Gasteiger partial charge is 0.232 e. The van der Waals surface area contributed by atoms with E-state index in [4.69, 9.17) is 10.5 Å². The third kappa shape index (κ3) is 3.64. The topological polar surface area (TPSA) is 73.1 Å². The molecule has 0 fully saturated rings. The highest BCUT2D eigenvalue weighted by atomic mass is 79.9. The fraction of sp³-hybridized carbons (Fsp3) is 0.556. The molecule has 1 unspecified atom stereocenters. The fourth-order valence-electron chi connectivity index (χ4n) is 0.947. The van der Waals surface area contributed by atoms with Gasteiger partial charge in [0.1, 0.15) is 0 Å². The average Bonchev–Trinajstić information content (AvgIpc) is 2.27. The van der Waals surface area contributed by atoms with Crippen molar-refractivity contribution < 1.29 is 4.74 Å². The Morgan fingerprint density at radius 3 is 3.00 bits per heavy atom. The Labute approximate surface area is 97.6 Å². The highest BCUT2D eigenvalue weighted by Gasteiger charge is 2.05. The average molecular weight is 275 g/mol. The number of nitrogens with one attached hydrogen (secondary N) is 1. The highest BCUT2D eigenvalue weighted by Crippen LogP contribution is 2.21. The minimum Gasteiger partial charge on any atom is -0.480 e. The van der Waals surface area contributed by atoms with E-state index in [9.17, 15) is 0 Å². The van der Waals surface area contributed by atoms with Crippen LogP contribution in [-0.2, 0) is 0 Å². The zero-order valence-electron chi connectivity index (χ0n) is 8.83. The van der Waals surface area contributed by atoms with Crippen LogP contribution < -0.4 is 15.8 Å². The van der Waals surface area contributed by atoms with E-state index in [1.165, 1.54) is 0 Å². The van der Waals surface area contributed by atoms with E-state index in [0.717, 1.165) is 10.9 Å². The lowest BCUT2D eigenvalue weighted by Crippen LogP contribution is -2.28. The summed E-state index contributed by atoms with van der Waals surface area (Å²) in [6, 6.07) is 0.114. The van der Waals surface area contributed by atoms with Gasteiger partial charge < -0.3 is 15.8 Å². The summed E-state index contributed by atoms with van der Waals surface area (Å²) in [5.41, 5.74) is 5.76. The van der Waals surface area contributed by atoms with Gasteiger partial charge in [-0.25, -0.2) is 4.98 Å². The normalized spacial score (nSPS) is 12.3. The van der Waals surface area contributed by atoms with Gasteiger partial charge in [0.05, 0.1) is 17.8 Å². The summed E-state index contributed by atoms with van der Waals surface area (Å²) in [4.78, 5) is 8.24. The molecule has 0 aliphatic heterocycles. The number of nitrogens with two attached hydrogens (primary N) is 1. The second-order valence-electron chi connectivity index (χ2n) is 3.10. The second-order valence-corrected chi connectivity index (χ2v) is 3.95. The molecule has 1 atom stereocenters. The van der Waals surface area contributed by atoms with Crippen molar-refractivity contribution in [2.45, 2.75) is 19.4 Å². The molecular weight excluding hydrogens is 260 g/mol. The van der Waals surface area contributed by atoms with E-state index >= 15 is 0 Å². The maximum atomic E-state index is 5.76. The number of rotatable bonds is 5. The maximum absolute atomic E-state index is 5.76. The van der Waals surface area contributed by atoms with E-state index in [1.54, 1.807) is 13.3 Å². The monoisotopic (exact) mass is 274 g/mol. The molecular formula is C9H15BrN4O. The molecule has 0 aliphatic carbocycles. The first-order chi connectivity index (χ1) is 7.17. The van der Waals surface area contributed by atoms with Crippen molar-refractivity contribution in [3.63, 3.8) is 0 Å². The van der Waals surface area contributed by atoms with Gasteiger partial charge in [0.2, 0.25) is 11.8 Å². The van der Waals surface area contributed by atoms with E-state index in [0.29, 0.717) is 18.4 Å². The van der Waals surface area contributed by atoms with Gasteiger partial charge in [-0.3, -0.25) is 0 Å². The van der Waals surface area contributed by atoms with Crippen LogP contribution in [0, 0.1) is 0 Å². The van der Waals surface area contributed by atoms with Crippen LogP contribution in [0.3, 0.4) is 0 Å². The molecule has 3 N–H and O–H groups in total. The molecule has 1 aromatic rings. The van der Waals surface area contributed by atoms with Crippen molar-refractivity contribution >= 4 is 21.9 Å². The third-order valence-corrected chi connectivity index (χ3v) is 2.50. The summed E-state index contributed by atoms with van der Waals surface area (Å²) in [7, 11) is 1.56. The number of anilines is 1. The Kier molecular flexibility index (Phi) is 4.77. The van der Waals surface area contributed by atoms with Gasteiger partial charge in [-0.2, -0.15) is 4.98 Å². The molecule has 5 nitrogen and oxygen atoms in total. The molecule has 15 heavy (non-hydrogen) atoms. The molecule has 84 valence electrons. The van der Waals surface area contributed by atoms with Crippen LogP contribution in [0.25, 0.3) is 0 Å². The summed E-state index contributed by atoms with van der Waals surface area (Å²) in [5, 5.41) is 3.05. The Morgan fingerprint density at radius 2 is 2.40 bits per heavy atom. The van der Waals surface area contributed by atoms with Gasteiger partial charge in [-0.1, -0.05) is 6.92 Å². The first kappa shape index (κ1) is 12.2. The molecule has 0 saturated carbocycles. The highest BCUT2D eigenvalue weighted by molar-refractivity contribution is 9.10. The van der Waals surface area contributed by atoms with Gasteiger partial charge >= 0.3 is 0 Å². The van der Waals surface area contributed by atoms with E-state index in [1.807, 2.05) is 6.92 Å². The summed E-state index contributed by atoms with van der Waals surface area (Å²) >= 11 is 3.28. The van der Waals surface area contributed by atoms with Crippen molar-refractivity contribution in [3.8, 4) is 5.88 Å². The SMILES string of the molecule is CCC(N)CNc1ncc(Br)c(OC)n1. The van der Waals surface area contributed by atoms with Crippen LogP contribution in [0.1, 0.15) is 13.3 Å². The summed E-state index contributed by atoms with van der Waals surface area (Å²) in [6.45, 7) is 2.69. The lowest BCUT2D eigenvalue weighted by atomic mass is 10.2. The number of aromatic nitrogens is 2. The number of hydrogen-bond acceptors (Lipinski definition) is 5. The maximum Gasteiger partial charge on any atom is 0.232 e. The number of nitrogens with zero attached hydrogens (tertiary/aromatic N) is 2. The van der Waals surface area contributed by atoms with E-state index in [-0.39, 0.29) is 6.04 Å². The van der Waals surface area contributed by atoms with Crippen molar-refractivity contribution in [2.75, 3.05) is 19.0 Å². The van der Waals surface area contributed by atoms with Gasteiger partial charge in [-0.15, -0.1) is 0 Å². The number of methoxy groups -OCH3 is 1. The third-order valence-electron chi connectivity index (χ3n) is 1.95. The van der Waals surface area contributed by atoms with Crippen LogP contribution in [0.2, 0.25) is 0 Å². The minimum absolute atomic E-state index is 0.114. The number of hydrogen-bond donors (Lipinski definition) is 2. The Bertz CT molecular complexity index is 321. The van der Waals surface area contributed by atoms with Crippen molar-refractivity contribution in [3.05, 3.63) is 10.7 Å². The van der Waals surface area contributed by atoms with Crippen molar-refractivity contribution in [1.82, 2.24) is 9.97 Å². The van der Waals surface area contributed by atoms with Crippen molar-refractivity contribution in [1.29, 1.82) is 0 Å². The Balaban J connectivity index is 2.62. The zero-order chi connectivity index (χ0) is 11.3. The molecule has 1 rings (SSSR count). The fourth-order valence-corrected chi connectivity index (χ4v) is 1.30. The molecule has 0 saturated heterocycles. The second kappa shape index (κ2) is 5.87.